The van der Waals surface area contributed by atoms with Crippen LogP contribution in [0.4, 0.5) is 5.69 Å². The molecule has 0 fully saturated rings. The number of esters is 1. The monoisotopic (exact) mass is 584 g/mol. The zero-order valence-corrected chi connectivity index (χ0v) is 23.4. The van der Waals surface area contributed by atoms with Crippen LogP contribution in [0.25, 0.3) is 0 Å². The number of fused-ring (bicyclic) bond motifs is 1. The van der Waals surface area contributed by atoms with Gasteiger partial charge in [0, 0.05) is 16.7 Å². The summed E-state index contributed by atoms with van der Waals surface area (Å²) in [6.45, 7) is 3.15. The summed E-state index contributed by atoms with van der Waals surface area (Å²) >= 11 is 9.37. The second-order valence-corrected chi connectivity index (χ2v) is 9.66. The summed E-state index contributed by atoms with van der Waals surface area (Å²) in [6, 6.07) is 18.7. The number of hydrogen-bond acceptors (Lipinski definition) is 6. The first kappa shape index (κ1) is 26.8. The molecule has 0 saturated carbocycles. The number of carbonyl (C=O) groups is 1. The van der Waals surface area contributed by atoms with Gasteiger partial charge in [0.1, 0.15) is 12.4 Å². The molecule has 9 heteroatoms. The average Bonchev–Trinajstić information content (AvgIpc) is 2.91. The Bertz CT molecular complexity index is 1270. The van der Waals surface area contributed by atoms with E-state index in [1.54, 1.807) is 45.4 Å². The van der Waals surface area contributed by atoms with Crippen LogP contribution in [0.15, 0.2) is 65.1 Å². The molecule has 0 aromatic heterocycles. The second-order valence-electron chi connectivity index (χ2n) is 8.36. The van der Waals surface area contributed by atoms with Crippen molar-refractivity contribution in [1.29, 1.82) is 0 Å². The number of nitrogens with zero attached hydrogens (tertiary/aromatic N) is 1. The highest BCUT2D eigenvalue weighted by atomic mass is 79.9. The van der Waals surface area contributed by atoms with Gasteiger partial charge in [-0.1, -0.05) is 22.0 Å². The molecule has 194 valence electrons. The third kappa shape index (κ3) is 6.34. The van der Waals surface area contributed by atoms with Crippen LogP contribution in [0.3, 0.4) is 0 Å². The molecule has 0 saturated heterocycles. The summed E-state index contributed by atoms with van der Waals surface area (Å²) < 4.78 is 23.4. The molecule has 3 aromatic rings. The summed E-state index contributed by atoms with van der Waals surface area (Å²) in [5, 5.41) is 3.96. The largest absolute Gasteiger partial charge is 0.493 e. The number of nitrogens with one attached hydrogen (secondary N) is 1. The lowest BCUT2D eigenvalue weighted by atomic mass is 9.92. The van der Waals surface area contributed by atoms with Crippen LogP contribution in [0.1, 0.15) is 34.5 Å². The molecule has 1 aliphatic rings. The summed E-state index contributed by atoms with van der Waals surface area (Å²) in [5.41, 5.74) is 3.60. The Morgan fingerprint density at radius 2 is 1.81 bits per heavy atom. The highest BCUT2D eigenvalue weighted by molar-refractivity contribution is 9.10. The number of carbonyl (C=O) groups excluding carboxylic acids is 1. The van der Waals surface area contributed by atoms with Crippen molar-refractivity contribution in [2.24, 2.45) is 0 Å². The van der Waals surface area contributed by atoms with Crippen LogP contribution in [0, 0.1) is 0 Å². The SMILES string of the molecule is CCOC(=O)c1ccc(OCC2c3cc(OC)c(OC)cc3CCN2C(=S)Nc2cccc(Br)c2)cc1. The molecule has 37 heavy (non-hydrogen) atoms. The number of ether oxygens (including phenoxy) is 4. The maximum absolute atomic E-state index is 12.0. The number of halogens is 1. The summed E-state index contributed by atoms with van der Waals surface area (Å²) in [6.07, 6.45) is 0.792. The smallest absolute Gasteiger partial charge is 0.338 e. The highest BCUT2D eigenvalue weighted by Gasteiger charge is 2.31. The molecule has 0 spiro atoms. The predicted molar refractivity (Wildman–Crippen MR) is 151 cm³/mol. The average molecular weight is 586 g/mol. The number of hydrogen-bond donors (Lipinski definition) is 1. The zero-order valence-electron chi connectivity index (χ0n) is 21.0. The quantitative estimate of drug-likeness (QED) is 0.255. The van der Waals surface area contributed by atoms with E-state index in [0.29, 0.717) is 47.7 Å². The van der Waals surface area contributed by atoms with Gasteiger partial charge in [-0.15, -0.1) is 0 Å². The van der Waals surface area contributed by atoms with E-state index in [0.717, 1.165) is 27.7 Å². The van der Waals surface area contributed by atoms with Gasteiger partial charge in [-0.3, -0.25) is 0 Å². The molecular formula is C28H29BrN2O5S. The molecular weight excluding hydrogens is 556 g/mol. The number of anilines is 1. The van der Waals surface area contributed by atoms with E-state index in [4.69, 9.17) is 31.2 Å². The second kappa shape index (κ2) is 12.3. The molecule has 7 nitrogen and oxygen atoms in total. The minimum Gasteiger partial charge on any atom is -0.493 e. The molecule has 1 aliphatic heterocycles. The van der Waals surface area contributed by atoms with Gasteiger partial charge < -0.3 is 29.2 Å². The van der Waals surface area contributed by atoms with Gasteiger partial charge in [-0.25, -0.2) is 4.79 Å². The van der Waals surface area contributed by atoms with Crippen LogP contribution in [-0.4, -0.2) is 50.0 Å². The fourth-order valence-electron chi connectivity index (χ4n) is 4.29. The van der Waals surface area contributed by atoms with Crippen molar-refractivity contribution in [3.8, 4) is 17.2 Å². The van der Waals surface area contributed by atoms with Gasteiger partial charge in [-0.2, -0.15) is 0 Å². The van der Waals surface area contributed by atoms with Crippen LogP contribution in [-0.2, 0) is 11.2 Å². The first-order valence-corrected chi connectivity index (χ1v) is 13.1. The van der Waals surface area contributed by atoms with Gasteiger partial charge in [0.2, 0.25) is 0 Å². The van der Waals surface area contributed by atoms with Crippen LogP contribution >= 0.6 is 28.1 Å². The molecule has 4 rings (SSSR count). The van der Waals surface area contributed by atoms with E-state index < -0.39 is 0 Å². The minimum atomic E-state index is -0.355. The van der Waals surface area contributed by atoms with Crippen LogP contribution < -0.4 is 19.5 Å². The number of thiocarbonyl (C=S) groups is 1. The van der Waals surface area contributed by atoms with Crippen molar-refractivity contribution in [2.45, 2.75) is 19.4 Å². The van der Waals surface area contributed by atoms with E-state index in [9.17, 15) is 4.79 Å². The lowest BCUT2D eigenvalue weighted by molar-refractivity contribution is 0.0526. The summed E-state index contributed by atoms with van der Waals surface area (Å²) in [4.78, 5) is 14.1. The Balaban J connectivity index is 1.60. The normalized spacial score (nSPS) is 14.4. The maximum Gasteiger partial charge on any atom is 0.338 e. The van der Waals surface area contributed by atoms with Gasteiger partial charge in [0.15, 0.2) is 16.6 Å². The topological polar surface area (TPSA) is 69.3 Å². The van der Waals surface area contributed by atoms with Crippen LogP contribution in [0.2, 0.25) is 0 Å². The minimum absolute atomic E-state index is 0.180. The molecule has 1 N–H and O–H groups in total. The predicted octanol–water partition coefficient (Wildman–Crippen LogP) is 6.02. The first-order valence-electron chi connectivity index (χ1n) is 11.9. The lowest BCUT2D eigenvalue weighted by Crippen LogP contribution is -2.44. The van der Waals surface area contributed by atoms with Crippen molar-refractivity contribution >= 4 is 44.9 Å². The van der Waals surface area contributed by atoms with Gasteiger partial charge >= 0.3 is 5.97 Å². The fourth-order valence-corrected chi connectivity index (χ4v) is 5.02. The molecule has 1 unspecified atom stereocenters. The van der Waals surface area contributed by atoms with Crippen molar-refractivity contribution in [3.63, 3.8) is 0 Å². The van der Waals surface area contributed by atoms with Crippen molar-refractivity contribution < 1.29 is 23.7 Å². The Labute approximate surface area is 230 Å². The molecule has 0 amide bonds. The zero-order chi connectivity index (χ0) is 26.4. The summed E-state index contributed by atoms with van der Waals surface area (Å²) in [5.74, 6) is 1.63. The first-order chi connectivity index (χ1) is 17.9. The van der Waals surface area contributed by atoms with Crippen molar-refractivity contribution in [2.75, 3.05) is 39.3 Å². The van der Waals surface area contributed by atoms with E-state index in [1.807, 2.05) is 36.4 Å². The van der Waals surface area contributed by atoms with E-state index in [1.165, 1.54) is 0 Å². The lowest BCUT2D eigenvalue weighted by Gasteiger charge is -2.39. The molecule has 0 radical (unpaired) electrons. The van der Waals surface area contributed by atoms with Gasteiger partial charge in [-0.05, 0) is 91.3 Å². The van der Waals surface area contributed by atoms with Gasteiger partial charge in [0.25, 0.3) is 0 Å². The van der Waals surface area contributed by atoms with E-state index in [2.05, 4.69) is 26.1 Å². The van der Waals surface area contributed by atoms with Crippen molar-refractivity contribution in [1.82, 2.24) is 4.90 Å². The number of benzene rings is 3. The number of methoxy groups -OCH3 is 2. The Kier molecular flexibility index (Phi) is 8.89. The Morgan fingerprint density at radius 1 is 1.08 bits per heavy atom. The standard InChI is InChI=1S/C28H29BrN2O5S/c1-4-35-27(32)18-8-10-22(11-9-18)36-17-24-23-16-26(34-3)25(33-2)14-19(23)12-13-31(24)28(37)30-21-7-5-6-20(29)15-21/h5-11,14-16,24H,4,12-13,17H2,1-3H3,(H,30,37). The van der Waals surface area contributed by atoms with E-state index >= 15 is 0 Å². The fraction of sp³-hybridized carbons (Fsp3) is 0.286. The molecule has 1 atom stereocenters. The van der Waals surface area contributed by atoms with Crippen molar-refractivity contribution in [3.05, 3.63) is 81.8 Å². The highest BCUT2D eigenvalue weighted by Crippen LogP contribution is 2.38. The molecule has 0 aliphatic carbocycles. The summed E-state index contributed by atoms with van der Waals surface area (Å²) in [7, 11) is 3.26. The Morgan fingerprint density at radius 3 is 2.49 bits per heavy atom. The number of rotatable bonds is 8. The third-order valence-electron chi connectivity index (χ3n) is 6.11. The molecule has 3 aromatic carbocycles. The van der Waals surface area contributed by atoms with Gasteiger partial charge in [0.05, 0.1) is 32.4 Å². The van der Waals surface area contributed by atoms with E-state index in [-0.39, 0.29) is 12.0 Å². The van der Waals surface area contributed by atoms with Crippen LogP contribution in [0.5, 0.6) is 17.2 Å². The third-order valence-corrected chi connectivity index (χ3v) is 6.94. The molecule has 1 heterocycles. The maximum atomic E-state index is 12.0. The Hall–Kier alpha value is -3.30. The molecule has 0 bridgehead atoms.